The Balaban J connectivity index is 2.19. The molecule has 2 nitrogen and oxygen atoms in total. The zero-order valence-corrected chi connectivity index (χ0v) is 13.1. The van der Waals surface area contributed by atoms with E-state index in [1.54, 1.807) is 6.07 Å². The summed E-state index contributed by atoms with van der Waals surface area (Å²) >= 11 is 5.75. The van der Waals surface area contributed by atoms with Gasteiger partial charge in [-0.15, -0.1) is 0 Å². The van der Waals surface area contributed by atoms with Gasteiger partial charge in [0.2, 0.25) is 0 Å². The van der Waals surface area contributed by atoms with Gasteiger partial charge in [-0.1, -0.05) is 37.6 Å². The topological polar surface area (TPSA) is 24.9 Å². The van der Waals surface area contributed by atoms with Gasteiger partial charge in [0.1, 0.15) is 5.82 Å². The van der Waals surface area contributed by atoms with Crippen LogP contribution in [-0.2, 0) is 12.8 Å². The number of hydrogen-bond donors (Lipinski definition) is 1. The fourth-order valence-corrected chi connectivity index (χ4v) is 2.40. The van der Waals surface area contributed by atoms with Gasteiger partial charge in [-0.25, -0.2) is 4.39 Å². The van der Waals surface area contributed by atoms with Crippen molar-refractivity contribution in [3.8, 4) is 0 Å². The number of halogens is 2. The van der Waals surface area contributed by atoms with Crippen molar-refractivity contribution in [2.75, 3.05) is 6.54 Å². The van der Waals surface area contributed by atoms with Gasteiger partial charge in [-0.2, -0.15) is 0 Å². The van der Waals surface area contributed by atoms with Crippen molar-refractivity contribution in [3.05, 3.63) is 64.2 Å². The van der Waals surface area contributed by atoms with E-state index in [9.17, 15) is 4.39 Å². The van der Waals surface area contributed by atoms with Gasteiger partial charge in [-0.05, 0) is 42.3 Å². The van der Waals surface area contributed by atoms with Gasteiger partial charge < -0.3 is 5.32 Å². The van der Waals surface area contributed by atoms with E-state index in [0.29, 0.717) is 0 Å². The van der Waals surface area contributed by atoms with Crippen molar-refractivity contribution in [1.82, 2.24) is 10.3 Å². The summed E-state index contributed by atoms with van der Waals surface area (Å²) in [6.07, 6.45) is 3.60. The molecule has 0 saturated heterocycles. The zero-order chi connectivity index (χ0) is 15.2. The SMILES string of the molecule is CCNC(Cc1ccc(CC)cn1)c1ccc(Cl)c(F)c1. The molecule has 0 aliphatic carbocycles. The first-order valence-corrected chi connectivity index (χ1v) is 7.64. The second-order valence-electron chi connectivity index (χ2n) is 5.00. The number of aryl methyl sites for hydroxylation is 1. The van der Waals surface area contributed by atoms with Crippen LogP contribution < -0.4 is 5.32 Å². The molecule has 1 atom stereocenters. The second-order valence-corrected chi connectivity index (χ2v) is 5.41. The predicted octanol–water partition coefficient (Wildman–Crippen LogP) is 4.33. The van der Waals surface area contributed by atoms with Crippen molar-refractivity contribution < 1.29 is 4.39 Å². The molecule has 2 rings (SSSR count). The van der Waals surface area contributed by atoms with Crippen molar-refractivity contribution in [2.45, 2.75) is 32.7 Å². The number of nitrogens with one attached hydrogen (secondary N) is 1. The lowest BCUT2D eigenvalue weighted by Gasteiger charge is -2.18. The molecule has 0 fully saturated rings. The molecule has 0 spiro atoms. The molecule has 2 aromatic rings. The van der Waals surface area contributed by atoms with Gasteiger partial charge in [0.25, 0.3) is 0 Å². The van der Waals surface area contributed by atoms with Crippen LogP contribution >= 0.6 is 11.6 Å². The van der Waals surface area contributed by atoms with Crippen molar-refractivity contribution in [2.24, 2.45) is 0 Å². The molecular formula is C17H20ClFN2. The average molecular weight is 307 g/mol. The minimum Gasteiger partial charge on any atom is -0.310 e. The highest BCUT2D eigenvalue weighted by Gasteiger charge is 2.14. The van der Waals surface area contributed by atoms with E-state index in [1.165, 1.54) is 11.6 Å². The van der Waals surface area contributed by atoms with Crippen molar-refractivity contribution >= 4 is 11.6 Å². The van der Waals surface area contributed by atoms with Crippen LogP contribution in [0.3, 0.4) is 0 Å². The molecule has 1 heterocycles. The maximum Gasteiger partial charge on any atom is 0.142 e. The highest BCUT2D eigenvalue weighted by molar-refractivity contribution is 6.30. The zero-order valence-electron chi connectivity index (χ0n) is 12.4. The van der Waals surface area contributed by atoms with Crippen LogP contribution in [0.2, 0.25) is 5.02 Å². The third-order valence-corrected chi connectivity index (χ3v) is 3.81. The largest absolute Gasteiger partial charge is 0.310 e. The number of nitrogens with zero attached hydrogens (tertiary/aromatic N) is 1. The fourth-order valence-electron chi connectivity index (χ4n) is 2.28. The molecule has 21 heavy (non-hydrogen) atoms. The Morgan fingerprint density at radius 1 is 1.24 bits per heavy atom. The maximum atomic E-state index is 13.6. The lowest BCUT2D eigenvalue weighted by molar-refractivity contribution is 0.537. The summed E-state index contributed by atoms with van der Waals surface area (Å²) < 4.78 is 13.6. The Morgan fingerprint density at radius 3 is 2.62 bits per heavy atom. The van der Waals surface area contributed by atoms with Gasteiger partial charge in [-0.3, -0.25) is 4.98 Å². The quantitative estimate of drug-likeness (QED) is 0.859. The van der Waals surface area contributed by atoms with Crippen LogP contribution in [0.25, 0.3) is 0 Å². The molecule has 0 aliphatic heterocycles. The molecule has 0 radical (unpaired) electrons. The Bertz CT molecular complexity index is 584. The third-order valence-electron chi connectivity index (χ3n) is 3.50. The van der Waals surface area contributed by atoms with Crippen LogP contribution in [-0.4, -0.2) is 11.5 Å². The number of likely N-dealkylation sites (N-methyl/N-ethyl adjacent to an activating group) is 1. The van der Waals surface area contributed by atoms with E-state index in [2.05, 4.69) is 23.3 Å². The van der Waals surface area contributed by atoms with Crippen LogP contribution in [0.15, 0.2) is 36.5 Å². The standard InChI is InChI=1S/C17H20ClFN2/c1-3-12-5-7-14(21-11-12)10-17(20-4-2)13-6-8-15(18)16(19)9-13/h5-9,11,17,20H,3-4,10H2,1-2H3. The van der Waals surface area contributed by atoms with E-state index >= 15 is 0 Å². The summed E-state index contributed by atoms with van der Waals surface area (Å²) in [5, 5.41) is 3.53. The van der Waals surface area contributed by atoms with Gasteiger partial charge in [0.05, 0.1) is 5.02 Å². The van der Waals surface area contributed by atoms with Crippen LogP contribution in [0.5, 0.6) is 0 Å². The normalized spacial score (nSPS) is 12.4. The van der Waals surface area contributed by atoms with Crippen molar-refractivity contribution in [1.29, 1.82) is 0 Å². The molecule has 1 N–H and O–H groups in total. The molecular weight excluding hydrogens is 287 g/mol. The lowest BCUT2D eigenvalue weighted by atomic mass is 10.0. The molecule has 4 heteroatoms. The van der Waals surface area contributed by atoms with Gasteiger partial charge >= 0.3 is 0 Å². The summed E-state index contributed by atoms with van der Waals surface area (Å²) in [5.41, 5.74) is 3.10. The Morgan fingerprint density at radius 2 is 2.05 bits per heavy atom. The molecule has 1 aromatic carbocycles. The maximum absolute atomic E-state index is 13.6. The molecule has 1 aromatic heterocycles. The first-order valence-electron chi connectivity index (χ1n) is 7.26. The van der Waals surface area contributed by atoms with Crippen molar-refractivity contribution in [3.63, 3.8) is 0 Å². The second kappa shape index (κ2) is 7.53. The first-order chi connectivity index (χ1) is 10.1. The lowest BCUT2D eigenvalue weighted by Crippen LogP contribution is -2.23. The number of aromatic nitrogens is 1. The third kappa shape index (κ3) is 4.26. The highest BCUT2D eigenvalue weighted by atomic mass is 35.5. The summed E-state index contributed by atoms with van der Waals surface area (Å²) in [6, 6.07) is 9.12. The monoisotopic (exact) mass is 306 g/mol. The fraction of sp³-hybridized carbons (Fsp3) is 0.353. The van der Waals surface area contributed by atoms with E-state index in [-0.39, 0.29) is 16.9 Å². The Hall–Kier alpha value is -1.45. The van der Waals surface area contributed by atoms with Crippen LogP contribution in [0.1, 0.15) is 36.7 Å². The molecule has 0 amide bonds. The summed E-state index contributed by atoms with van der Waals surface area (Å²) in [7, 11) is 0. The smallest absolute Gasteiger partial charge is 0.142 e. The molecule has 0 aliphatic rings. The number of hydrogen-bond acceptors (Lipinski definition) is 2. The summed E-state index contributed by atoms with van der Waals surface area (Å²) in [4.78, 5) is 4.48. The highest BCUT2D eigenvalue weighted by Crippen LogP contribution is 2.22. The predicted molar refractivity (Wildman–Crippen MR) is 85.1 cm³/mol. The minimum absolute atomic E-state index is 0.0294. The van der Waals surface area contributed by atoms with Crippen LogP contribution in [0.4, 0.5) is 4.39 Å². The summed E-state index contributed by atoms with van der Waals surface area (Å²) in [5.74, 6) is -0.383. The molecule has 112 valence electrons. The van der Waals surface area contributed by atoms with E-state index in [4.69, 9.17) is 11.6 Å². The molecule has 0 saturated carbocycles. The number of benzene rings is 1. The Kier molecular flexibility index (Phi) is 5.71. The van der Waals surface area contributed by atoms with E-state index < -0.39 is 0 Å². The Labute approximate surface area is 130 Å². The average Bonchev–Trinajstić information content (AvgIpc) is 2.50. The van der Waals surface area contributed by atoms with E-state index in [0.717, 1.165) is 30.6 Å². The number of pyridine rings is 1. The van der Waals surface area contributed by atoms with Gasteiger partial charge in [0, 0.05) is 24.4 Å². The van der Waals surface area contributed by atoms with Gasteiger partial charge in [0.15, 0.2) is 0 Å². The molecule has 1 unspecified atom stereocenters. The number of rotatable bonds is 6. The minimum atomic E-state index is -0.383. The molecule has 0 bridgehead atoms. The summed E-state index contributed by atoms with van der Waals surface area (Å²) in [6.45, 7) is 4.95. The van der Waals surface area contributed by atoms with E-state index in [1.807, 2.05) is 25.3 Å². The first kappa shape index (κ1) is 15.9. The van der Waals surface area contributed by atoms with Crippen LogP contribution in [0, 0.1) is 5.82 Å².